The highest BCUT2D eigenvalue weighted by Gasteiger charge is 2.53. The number of ether oxygens (including phenoxy) is 5. The summed E-state index contributed by atoms with van der Waals surface area (Å²) in [6.45, 7) is 0.0758. The maximum absolute atomic E-state index is 11.8. The third kappa shape index (κ3) is 4.71. The normalized spacial score (nSPS) is 33.0. The fourth-order valence-electron chi connectivity index (χ4n) is 2.97. The van der Waals surface area contributed by atoms with Gasteiger partial charge in [0.05, 0.1) is 6.61 Å². The van der Waals surface area contributed by atoms with Crippen molar-refractivity contribution in [1.29, 1.82) is 0 Å². The lowest BCUT2D eigenvalue weighted by molar-refractivity contribution is -0.355. The van der Waals surface area contributed by atoms with Gasteiger partial charge in [-0.3, -0.25) is 9.59 Å². The number of halogens is 2. The number of fused-ring (bicyclic) bond motifs is 1. The average Bonchev–Trinajstić information content (AvgIpc) is 2.70. The summed E-state index contributed by atoms with van der Waals surface area (Å²) < 4.78 is 27.4. The molecule has 27 heavy (non-hydrogen) atoms. The van der Waals surface area contributed by atoms with Crippen molar-refractivity contribution < 1.29 is 38.4 Å². The third-order valence-electron chi connectivity index (χ3n) is 4.13. The van der Waals surface area contributed by atoms with Gasteiger partial charge in [0.1, 0.15) is 24.0 Å². The summed E-state index contributed by atoms with van der Waals surface area (Å²) in [5.74, 6) is -2.42. The van der Waals surface area contributed by atoms with Gasteiger partial charge in [-0.05, 0) is 0 Å². The van der Waals surface area contributed by atoms with Crippen LogP contribution in [0.4, 0.5) is 0 Å². The van der Waals surface area contributed by atoms with E-state index < -0.39 is 60.7 Å². The standard InChI is InChI=1S/C17H18Cl2O8/c18-6-11(20)25-14-13-10(24-16(22)15(14)26-12(21)7-19)8-23-17(27-13)9-4-2-1-3-5-9/h1-5,10,13-17,22H,6-8H2/t10-,13-,14+,15-,16?,17?/m1/s1. The molecule has 1 aromatic carbocycles. The minimum absolute atomic E-state index is 0.0758. The molecular weight excluding hydrogens is 403 g/mol. The zero-order chi connectivity index (χ0) is 19.4. The predicted octanol–water partition coefficient (Wildman–Crippen LogP) is 1.12. The molecule has 1 aromatic rings. The Kier molecular flexibility index (Phi) is 6.91. The molecule has 2 unspecified atom stereocenters. The van der Waals surface area contributed by atoms with Gasteiger partial charge in [-0.2, -0.15) is 0 Å². The van der Waals surface area contributed by atoms with Gasteiger partial charge < -0.3 is 28.8 Å². The van der Waals surface area contributed by atoms with E-state index in [1.165, 1.54) is 0 Å². The molecule has 6 atom stereocenters. The molecule has 1 N–H and O–H groups in total. The molecule has 0 amide bonds. The molecule has 10 heteroatoms. The number of alkyl halides is 2. The topological polar surface area (TPSA) is 101 Å². The average molecular weight is 421 g/mol. The van der Waals surface area contributed by atoms with Crippen LogP contribution in [0.1, 0.15) is 11.9 Å². The van der Waals surface area contributed by atoms with Crippen molar-refractivity contribution in [2.45, 2.75) is 37.0 Å². The minimum Gasteiger partial charge on any atom is -0.454 e. The van der Waals surface area contributed by atoms with Gasteiger partial charge >= 0.3 is 11.9 Å². The van der Waals surface area contributed by atoms with E-state index in [0.29, 0.717) is 0 Å². The molecule has 0 aromatic heterocycles. The largest absolute Gasteiger partial charge is 0.454 e. The second kappa shape index (κ2) is 9.18. The van der Waals surface area contributed by atoms with Crippen LogP contribution in [0.3, 0.4) is 0 Å². The summed E-state index contributed by atoms with van der Waals surface area (Å²) in [6.07, 6.45) is -6.35. The Bertz CT molecular complexity index is 658. The lowest BCUT2D eigenvalue weighted by atomic mass is 9.97. The van der Waals surface area contributed by atoms with Crippen LogP contribution >= 0.6 is 23.2 Å². The Morgan fingerprint density at radius 3 is 2.30 bits per heavy atom. The molecule has 2 heterocycles. The first-order valence-electron chi connectivity index (χ1n) is 8.20. The van der Waals surface area contributed by atoms with E-state index in [0.717, 1.165) is 5.56 Å². The molecule has 2 aliphatic rings. The predicted molar refractivity (Wildman–Crippen MR) is 92.1 cm³/mol. The van der Waals surface area contributed by atoms with Crippen LogP contribution in [0, 0.1) is 0 Å². The monoisotopic (exact) mass is 420 g/mol. The molecule has 2 saturated heterocycles. The number of aliphatic hydroxyl groups excluding tert-OH is 1. The molecule has 2 aliphatic heterocycles. The minimum atomic E-state index is -1.55. The molecule has 0 saturated carbocycles. The van der Waals surface area contributed by atoms with Crippen LogP contribution in [-0.2, 0) is 33.3 Å². The lowest BCUT2D eigenvalue weighted by Crippen LogP contribution is -2.64. The second-order valence-corrected chi connectivity index (χ2v) is 6.45. The van der Waals surface area contributed by atoms with Gasteiger partial charge in [0.15, 0.2) is 24.8 Å². The first-order chi connectivity index (χ1) is 13.0. The maximum atomic E-state index is 11.8. The molecule has 3 rings (SSSR count). The van der Waals surface area contributed by atoms with Gasteiger partial charge in [0.25, 0.3) is 0 Å². The summed E-state index contributed by atoms with van der Waals surface area (Å²) in [7, 11) is 0. The summed E-state index contributed by atoms with van der Waals surface area (Å²) in [6, 6.07) is 9.13. The van der Waals surface area contributed by atoms with Crippen molar-refractivity contribution in [3.8, 4) is 0 Å². The van der Waals surface area contributed by atoms with Crippen LogP contribution < -0.4 is 0 Å². The highest BCUT2D eigenvalue weighted by atomic mass is 35.5. The summed E-state index contributed by atoms with van der Waals surface area (Å²) in [5, 5.41) is 10.2. The molecule has 8 nitrogen and oxygen atoms in total. The molecule has 0 bridgehead atoms. The fraction of sp³-hybridized carbons (Fsp3) is 0.529. The summed E-state index contributed by atoms with van der Waals surface area (Å²) in [5.41, 5.74) is 0.749. The lowest BCUT2D eigenvalue weighted by Gasteiger charge is -2.47. The smallest absolute Gasteiger partial charge is 0.321 e. The first kappa shape index (κ1) is 20.3. The van der Waals surface area contributed by atoms with Crippen molar-refractivity contribution in [2.75, 3.05) is 18.4 Å². The van der Waals surface area contributed by atoms with Gasteiger partial charge in [0, 0.05) is 5.56 Å². The maximum Gasteiger partial charge on any atom is 0.321 e. The Morgan fingerprint density at radius 2 is 1.67 bits per heavy atom. The molecule has 2 fully saturated rings. The third-order valence-corrected chi connectivity index (χ3v) is 4.56. The van der Waals surface area contributed by atoms with Crippen LogP contribution in [0.2, 0.25) is 0 Å². The van der Waals surface area contributed by atoms with Crippen LogP contribution in [0.15, 0.2) is 30.3 Å². The molecule has 0 aliphatic carbocycles. The van der Waals surface area contributed by atoms with Crippen molar-refractivity contribution in [2.24, 2.45) is 0 Å². The van der Waals surface area contributed by atoms with Crippen molar-refractivity contribution in [3.63, 3.8) is 0 Å². The number of carbonyl (C=O) groups excluding carboxylic acids is 2. The van der Waals surface area contributed by atoms with E-state index in [4.69, 9.17) is 46.9 Å². The quantitative estimate of drug-likeness (QED) is 0.558. The van der Waals surface area contributed by atoms with E-state index in [2.05, 4.69) is 0 Å². The van der Waals surface area contributed by atoms with E-state index in [-0.39, 0.29) is 6.61 Å². The number of aliphatic hydroxyl groups is 1. The summed E-state index contributed by atoms with van der Waals surface area (Å²) >= 11 is 11.0. The van der Waals surface area contributed by atoms with Crippen LogP contribution in [0.25, 0.3) is 0 Å². The Labute approximate surface area is 165 Å². The zero-order valence-corrected chi connectivity index (χ0v) is 15.5. The molecule has 0 radical (unpaired) electrons. The highest BCUT2D eigenvalue weighted by Crippen LogP contribution is 2.35. The Hall–Kier alpha value is -1.42. The number of hydrogen-bond donors (Lipinski definition) is 1. The van der Waals surface area contributed by atoms with Crippen molar-refractivity contribution >= 4 is 35.1 Å². The van der Waals surface area contributed by atoms with Gasteiger partial charge in [-0.1, -0.05) is 30.3 Å². The second-order valence-electron chi connectivity index (χ2n) is 5.92. The van der Waals surface area contributed by atoms with E-state index in [1.54, 1.807) is 0 Å². The SMILES string of the molecule is O=C(CCl)O[C@H]1[C@@H]2OC(c3ccccc3)OC[C@H]2OC(O)[C@@H]1OC(=O)CCl. The molecule has 0 spiro atoms. The van der Waals surface area contributed by atoms with Crippen LogP contribution in [0.5, 0.6) is 0 Å². The van der Waals surface area contributed by atoms with E-state index >= 15 is 0 Å². The zero-order valence-electron chi connectivity index (χ0n) is 14.0. The van der Waals surface area contributed by atoms with Crippen LogP contribution in [-0.4, -0.2) is 66.1 Å². The number of rotatable bonds is 5. The number of hydrogen-bond acceptors (Lipinski definition) is 8. The number of esters is 2. The van der Waals surface area contributed by atoms with Gasteiger partial charge in [0.2, 0.25) is 0 Å². The van der Waals surface area contributed by atoms with E-state index in [9.17, 15) is 14.7 Å². The molecular formula is C17H18Cl2O8. The fourth-order valence-corrected chi connectivity index (χ4v) is 3.10. The first-order valence-corrected chi connectivity index (χ1v) is 9.26. The van der Waals surface area contributed by atoms with Gasteiger partial charge in [-0.15, -0.1) is 23.2 Å². The van der Waals surface area contributed by atoms with Crippen molar-refractivity contribution in [1.82, 2.24) is 0 Å². The highest BCUT2D eigenvalue weighted by molar-refractivity contribution is 6.26. The Morgan fingerprint density at radius 1 is 1.04 bits per heavy atom. The number of carbonyl (C=O) groups is 2. The summed E-state index contributed by atoms with van der Waals surface area (Å²) in [4.78, 5) is 23.4. The number of benzene rings is 1. The van der Waals surface area contributed by atoms with Crippen molar-refractivity contribution in [3.05, 3.63) is 35.9 Å². The van der Waals surface area contributed by atoms with Gasteiger partial charge in [-0.25, -0.2) is 0 Å². The molecule has 148 valence electrons. The van der Waals surface area contributed by atoms with E-state index in [1.807, 2.05) is 30.3 Å². The Balaban J connectivity index is 1.84.